The molecule has 6 heteroatoms. The van der Waals surface area contributed by atoms with Crippen molar-refractivity contribution in [3.05, 3.63) is 12.2 Å². The molecule has 0 aliphatic rings. The topological polar surface area (TPSA) is 86.7 Å². The van der Waals surface area contributed by atoms with Crippen molar-refractivity contribution in [1.29, 1.82) is 0 Å². The molecular weight excluding hydrogens is 200 g/mol. The highest BCUT2D eigenvalue weighted by Gasteiger charge is 1.99. The summed E-state index contributed by atoms with van der Waals surface area (Å²) in [7, 11) is 0. The maximum Gasteiger partial charge on any atom is 0.333 e. The van der Waals surface area contributed by atoms with E-state index >= 15 is 0 Å². The van der Waals surface area contributed by atoms with Crippen LogP contribution in [0.4, 0.5) is 4.79 Å². The van der Waals surface area contributed by atoms with Crippen molar-refractivity contribution in [3.63, 3.8) is 0 Å². The molecule has 0 unspecified atom stereocenters. The van der Waals surface area contributed by atoms with E-state index in [2.05, 4.69) is 22.9 Å². The van der Waals surface area contributed by atoms with Gasteiger partial charge in [0.2, 0.25) is 0 Å². The molecule has 0 aromatic carbocycles. The predicted octanol–water partition coefficient (Wildman–Crippen LogP) is -0.334. The maximum absolute atomic E-state index is 10.5. The minimum Gasteiger partial charge on any atom is -0.534 e. The number of carbonyl (C=O) groups is 2. The number of halogens is 1. The van der Waals surface area contributed by atoms with Crippen molar-refractivity contribution in [1.82, 2.24) is 0 Å². The molecule has 0 amide bonds. The Hall–Kier alpha value is -1.07. The van der Waals surface area contributed by atoms with Gasteiger partial charge in [0.15, 0.2) is 0 Å². The average Bonchev–Trinajstić information content (AvgIpc) is 1.98. The van der Waals surface area contributed by atoms with Crippen LogP contribution in [0.15, 0.2) is 12.2 Å². The van der Waals surface area contributed by atoms with Crippen molar-refractivity contribution < 1.29 is 24.5 Å². The van der Waals surface area contributed by atoms with E-state index in [4.69, 9.17) is 15.0 Å². The molecule has 13 heavy (non-hydrogen) atoms. The third kappa shape index (κ3) is 18.1. The number of hydrogen-bond donors (Lipinski definition) is 1. The van der Waals surface area contributed by atoms with Crippen molar-refractivity contribution in [2.45, 2.75) is 6.92 Å². The van der Waals surface area contributed by atoms with Crippen LogP contribution in [-0.2, 0) is 9.53 Å². The normalized spacial score (nSPS) is 7.92. The van der Waals surface area contributed by atoms with Crippen LogP contribution in [0.1, 0.15) is 6.92 Å². The lowest BCUT2D eigenvalue weighted by Crippen LogP contribution is -2.11. The Morgan fingerprint density at radius 1 is 1.62 bits per heavy atom. The number of aliphatic hydroxyl groups excluding tert-OH is 1. The van der Waals surface area contributed by atoms with Crippen molar-refractivity contribution >= 4 is 23.0 Å². The summed E-state index contributed by atoms with van der Waals surface area (Å²) in [6, 6.07) is 0. The highest BCUT2D eigenvalue weighted by molar-refractivity contribution is 6.59. The third-order valence-corrected chi connectivity index (χ3v) is 0.673. The molecule has 1 N–H and O–H groups in total. The molecule has 0 aliphatic carbocycles. The largest absolute Gasteiger partial charge is 0.534 e. The number of ether oxygens (including phenoxy) is 1. The van der Waals surface area contributed by atoms with Gasteiger partial charge >= 0.3 is 5.97 Å². The molecule has 0 heterocycles. The van der Waals surface area contributed by atoms with Crippen LogP contribution >= 0.6 is 11.6 Å². The van der Waals surface area contributed by atoms with E-state index in [-0.39, 0.29) is 13.2 Å². The zero-order valence-electron chi connectivity index (χ0n) is 7.08. The van der Waals surface area contributed by atoms with Gasteiger partial charge in [-0.05, 0) is 6.92 Å². The van der Waals surface area contributed by atoms with Gasteiger partial charge in [-0.1, -0.05) is 18.2 Å². The molecule has 0 radical (unpaired) electrons. The Labute approximate surface area is 80.6 Å². The van der Waals surface area contributed by atoms with E-state index in [9.17, 15) is 4.79 Å². The average molecular weight is 210 g/mol. The summed E-state index contributed by atoms with van der Waals surface area (Å²) in [5, 5.41) is 16.8. The van der Waals surface area contributed by atoms with Gasteiger partial charge in [-0.2, -0.15) is 0 Å². The molecule has 0 bridgehead atoms. The van der Waals surface area contributed by atoms with Gasteiger partial charge in [0, 0.05) is 5.57 Å². The second-order valence-corrected chi connectivity index (χ2v) is 2.19. The summed E-state index contributed by atoms with van der Waals surface area (Å²) in [5.74, 6) is -0.455. The minimum atomic E-state index is -1.61. The second-order valence-electron chi connectivity index (χ2n) is 1.88. The van der Waals surface area contributed by atoms with Crippen LogP contribution in [0.5, 0.6) is 0 Å². The van der Waals surface area contributed by atoms with Gasteiger partial charge in [-0.15, -0.1) is 0 Å². The maximum atomic E-state index is 10.5. The molecule has 0 aromatic rings. The zero-order chi connectivity index (χ0) is 10.9. The number of carbonyl (C=O) groups excluding carboxylic acids is 2. The van der Waals surface area contributed by atoms with Crippen LogP contribution in [0, 0.1) is 0 Å². The molecule has 0 saturated carbocycles. The SMILES string of the molecule is C=C(C)C(=O)OCCO.O=C([O-])Cl. The van der Waals surface area contributed by atoms with Crippen LogP contribution in [-0.4, -0.2) is 29.7 Å². The van der Waals surface area contributed by atoms with Crippen molar-refractivity contribution in [2.75, 3.05) is 13.2 Å². The van der Waals surface area contributed by atoms with E-state index in [1.54, 1.807) is 6.92 Å². The molecule has 0 atom stereocenters. The molecule has 0 aliphatic heterocycles. The molecule has 5 nitrogen and oxygen atoms in total. The molecular formula is C7H10ClO5-. The first kappa shape index (κ1) is 14.5. The smallest absolute Gasteiger partial charge is 0.333 e. The lowest BCUT2D eigenvalue weighted by atomic mass is 10.4. The molecule has 0 fully saturated rings. The molecule has 0 saturated heterocycles. The fraction of sp³-hybridized carbons (Fsp3) is 0.429. The summed E-state index contributed by atoms with van der Waals surface area (Å²) in [5.41, 5.74) is -1.26. The summed E-state index contributed by atoms with van der Waals surface area (Å²) >= 11 is 4.08. The number of carboxylic acid groups (broad SMARTS) is 1. The van der Waals surface area contributed by atoms with Crippen LogP contribution in [0.2, 0.25) is 0 Å². The second kappa shape index (κ2) is 9.02. The number of hydrogen-bond acceptors (Lipinski definition) is 5. The van der Waals surface area contributed by atoms with Crippen LogP contribution in [0.3, 0.4) is 0 Å². The molecule has 0 aromatic heterocycles. The Balaban J connectivity index is 0. The van der Waals surface area contributed by atoms with Gasteiger partial charge in [-0.25, -0.2) is 4.79 Å². The van der Waals surface area contributed by atoms with E-state index < -0.39 is 11.4 Å². The summed E-state index contributed by atoms with van der Waals surface area (Å²) in [4.78, 5) is 19.1. The summed E-state index contributed by atoms with van der Waals surface area (Å²) in [6.07, 6.45) is 0. The van der Waals surface area contributed by atoms with Crippen LogP contribution in [0.25, 0.3) is 0 Å². The number of aliphatic hydroxyl groups is 1. The van der Waals surface area contributed by atoms with E-state index in [1.807, 2.05) is 0 Å². The Bertz CT molecular complexity index is 185. The van der Waals surface area contributed by atoms with Gasteiger partial charge in [-0.3, -0.25) is 0 Å². The number of rotatable bonds is 3. The highest BCUT2D eigenvalue weighted by Crippen LogP contribution is 1.89. The fourth-order valence-electron chi connectivity index (χ4n) is 0.262. The third-order valence-electron chi connectivity index (χ3n) is 0.673. The highest BCUT2D eigenvalue weighted by atomic mass is 35.5. The Morgan fingerprint density at radius 2 is 2.00 bits per heavy atom. The van der Waals surface area contributed by atoms with Gasteiger partial charge in [0.1, 0.15) is 12.0 Å². The zero-order valence-corrected chi connectivity index (χ0v) is 7.84. The van der Waals surface area contributed by atoms with Gasteiger partial charge in [0.25, 0.3) is 0 Å². The van der Waals surface area contributed by atoms with Crippen molar-refractivity contribution in [3.8, 4) is 0 Å². The van der Waals surface area contributed by atoms with E-state index in [0.29, 0.717) is 5.57 Å². The van der Waals surface area contributed by atoms with Gasteiger partial charge < -0.3 is 19.7 Å². The van der Waals surface area contributed by atoms with E-state index in [1.165, 1.54) is 0 Å². The minimum absolute atomic E-state index is 0.0473. The first-order valence-electron chi connectivity index (χ1n) is 3.21. The molecule has 76 valence electrons. The molecule has 0 rings (SSSR count). The first-order valence-corrected chi connectivity index (χ1v) is 3.59. The standard InChI is InChI=1S/C6H10O3.CHClO2/c1-5(2)6(8)9-4-3-7;2-1(3)4/h7H,1,3-4H2,2H3;(H,3,4)/p-1. The van der Waals surface area contributed by atoms with Gasteiger partial charge in [0.05, 0.1) is 6.61 Å². The lowest BCUT2D eigenvalue weighted by molar-refractivity contribution is -0.233. The monoisotopic (exact) mass is 209 g/mol. The molecule has 0 spiro atoms. The fourth-order valence-corrected chi connectivity index (χ4v) is 0.262. The Kier molecular flexibility index (Phi) is 10.0. The van der Waals surface area contributed by atoms with Crippen molar-refractivity contribution in [2.24, 2.45) is 0 Å². The quantitative estimate of drug-likeness (QED) is 0.391. The summed E-state index contributed by atoms with van der Waals surface area (Å²) in [6.45, 7) is 4.81. The number of esters is 1. The lowest BCUT2D eigenvalue weighted by Gasteiger charge is -1.99. The van der Waals surface area contributed by atoms with E-state index in [0.717, 1.165) is 0 Å². The van der Waals surface area contributed by atoms with Crippen LogP contribution < -0.4 is 5.11 Å². The predicted molar refractivity (Wildman–Crippen MR) is 44.1 cm³/mol. The first-order chi connectivity index (χ1) is 5.91. The Morgan fingerprint density at radius 3 is 2.23 bits per heavy atom. The summed E-state index contributed by atoms with van der Waals surface area (Å²) < 4.78 is 4.46.